The zero-order valence-electron chi connectivity index (χ0n) is 15.1. The molecule has 0 fully saturated rings. The van der Waals surface area contributed by atoms with E-state index in [1.807, 2.05) is 31.3 Å². The standard InChI is InChI=1S/C22H22N2O2S/c1-3-5-6-14(4-2)20-9-10-21(27-20)15-7-8-19-17(11-15)16(13-24-19)12-18(23)22(25)26/h3-11,13,18,24H,1,12,23H2,2H3,(H,25,26)/b6-5-,14-4+. The van der Waals surface area contributed by atoms with E-state index in [-0.39, 0.29) is 0 Å². The molecule has 0 saturated carbocycles. The number of hydrogen-bond acceptors (Lipinski definition) is 3. The molecule has 2 heterocycles. The van der Waals surface area contributed by atoms with Crippen LogP contribution in [0.15, 0.2) is 67.4 Å². The molecule has 0 amide bonds. The molecule has 0 saturated heterocycles. The van der Waals surface area contributed by atoms with E-state index in [2.05, 4.69) is 41.9 Å². The minimum absolute atomic E-state index is 0.295. The van der Waals surface area contributed by atoms with Crippen molar-refractivity contribution in [3.63, 3.8) is 0 Å². The number of carboxylic acids is 1. The smallest absolute Gasteiger partial charge is 0.320 e. The van der Waals surface area contributed by atoms with Gasteiger partial charge in [0.05, 0.1) is 0 Å². The lowest BCUT2D eigenvalue weighted by atomic mass is 10.0. The van der Waals surface area contributed by atoms with Gasteiger partial charge in [-0.1, -0.05) is 36.9 Å². The first-order chi connectivity index (χ1) is 13.0. The predicted octanol–water partition coefficient (Wildman–Crippen LogP) is 5.00. The molecule has 0 aliphatic rings. The lowest BCUT2D eigenvalue weighted by Gasteiger charge is -2.05. The van der Waals surface area contributed by atoms with Crippen LogP contribution < -0.4 is 5.73 Å². The quantitative estimate of drug-likeness (QED) is 0.506. The number of aliphatic carboxylic acids is 1. The summed E-state index contributed by atoms with van der Waals surface area (Å²) in [6.45, 7) is 5.74. The number of carbonyl (C=O) groups is 1. The molecule has 0 aliphatic carbocycles. The van der Waals surface area contributed by atoms with Crippen LogP contribution in [0.25, 0.3) is 26.9 Å². The Kier molecular flexibility index (Phi) is 5.74. The SMILES string of the molecule is C=C/C=C\C(=C/C)c1ccc(-c2ccc3[nH]cc(CC(N)C(=O)O)c3c2)s1. The highest BCUT2D eigenvalue weighted by molar-refractivity contribution is 7.16. The number of allylic oxidation sites excluding steroid dienone is 5. The fourth-order valence-corrected chi connectivity index (χ4v) is 4.02. The molecule has 27 heavy (non-hydrogen) atoms. The summed E-state index contributed by atoms with van der Waals surface area (Å²) in [5.41, 5.74) is 9.86. The van der Waals surface area contributed by atoms with Crippen molar-refractivity contribution in [2.75, 3.05) is 0 Å². The van der Waals surface area contributed by atoms with E-state index in [1.165, 1.54) is 4.88 Å². The maximum absolute atomic E-state index is 11.1. The summed E-state index contributed by atoms with van der Waals surface area (Å²) >= 11 is 1.72. The maximum Gasteiger partial charge on any atom is 0.320 e. The number of nitrogens with one attached hydrogen (secondary N) is 1. The van der Waals surface area contributed by atoms with Crippen LogP contribution in [0.4, 0.5) is 0 Å². The molecule has 0 spiro atoms. The Hall–Kier alpha value is -2.89. The van der Waals surface area contributed by atoms with Crippen LogP contribution in [-0.2, 0) is 11.2 Å². The fourth-order valence-electron chi connectivity index (χ4n) is 2.97. The van der Waals surface area contributed by atoms with E-state index in [0.717, 1.165) is 32.5 Å². The third-order valence-electron chi connectivity index (χ3n) is 4.42. The highest BCUT2D eigenvalue weighted by Crippen LogP contribution is 2.34. The molecular weight excluding hydrogens is 356 g/mol. The highest BCUT2D eigenvalue weighted by Gasteiger charge is 2.15. The zero-order valence-corrected chi connectivity index (χ0v) is 15.9. The van der Waals surface area contributed by atoms with Gasteiger partial charge in [0.25, 0.3) is 0 Å². The Balaban J connectivity index is 1.95. The van der Waals surface area contributed by atoms with Gasteiger partial charge in [-0.3, -0.25) is 4.79 Å². The molecule has 1 aromatic carbocycles. The summed E-state index contributed by atoms with van der Waals surface area (Å²) in [5, 5.41) is 10.1. The first-order valence-electron chi connectivity index (χ1n) is 8.68. The van der Waals surface area contributed by atoms with E-state index < -0.39 is 12.0 Å². The predicted molar refractivity (Wildman–Crippen MR) is 114 cm³/mol. The largest absolute Gasteiger partial charge is 0.480 e. The molecule has 4 nitrogen and oxygen atoms in total. The van der Waals surface area contributed by atoms with Crippen molar-refractivity contribution in [3.8, 4) is 10.4 Å². The number of hydrogen-bond donors (Lipinski definition) is 3. The number of fused-ring (bicyclic) bond motifs is 1. The summed E-state index contributed by atoms with van der Waals surface area (Å²) in [4.78, 5) is 16.6. The van der Waals surface area contributed by atoms with Crippen LogP contribution in [0.3, 0.4) is 0 Å². The second-order valence-electron chi connectivity index (χ2n) is 6.23. The molecule has 1 atom stereocenters. The first-order valence-corrected chi connectivity index (χ1v) is 9.49. The van der Waals surface area contributed by atoms with E-state index >= 15 is 0 Å². The number of aromatic nitrogens is 1. The molecule has 3 aromatic rings. The zero-order chi connectivity index (χ0) is 19.4. The fraction of sp³-hybridized carbons (Fsp3) is 0.136. The van der Waals surface area contributed by atoms with Crippen molar-refractivity contribution in [1.29, 1.82) is 0 Å². The number of aromatic amines is 1. The van der Waals surface area contributed by atoms with Crippen molar-refractivity contribution in [2.45, 2.75) is 19.4 Å². The number of H-pyrrole nitrogens is 1. The Morgan fingerprint density at radius 2 is 2.19 bits per heavy atom. The molecular formula is C22H22N2O2S. The van der Waals surface area contributed by atoms with Gasteiger partial charge >= 0.3 is 5.97 Å². The second-order valence-corrected chi connectivity index (χ2v) is 7.31. The number of rotatable bonds is 7. The molecule has 5 heteroatoms. The number of nitrogens with two attached hydrogens (primary N) is 1. The monoisotopic (exact) mass is 378 g/mol. The van der Waals surface area contributed by atoms with Gasteiger partial charge < -0.3 is 15.8 Å². The van der Waals surface area contributed by atoms with Crippen LogP contribution in [0.5, 0.6) is 0 Å². The van der Waals surface area contributed by atoms with Gasteiger partial charge in [-0.05, 0) is 47.9 Å². The molecule has 1 unspecified atom stereocenters. The Morgan fingerprint density at radius 3 is 2.89 bits per heavy atom. The van der Waals surface area contributed by atoms with Crippen molar-refractivity contribution in [2.24, 2.45) is 5.73 Å². The average molecular weight is 378 g/mol. The first kappa shape index (κ1) is 18.9. The van der Waals surface area contributed by atoms with Crippen molar-refractivity contribution >= 4 is 33.8 Å². The average Bonchev–Trinajstić information content (AvgIpc) is 3.30. The molecule has 138 valence electrons. The number of benzene rings is 1. The normalized spacial score (nSPS) is 13.3. The topological polar surface area (TPSA) is 79.1 Å². The van der Waals surface area contributed by atoms with Crippen molar-refractivity contribution in [3.05, 3.63) is 77.9 Å². The van der Waals surface area contributed by atoms with Gasteiger partial charge in [-0.15, -0.1) is 11.3 Å². The molecule has 0 aliphatic heterocycles. The van der Waals surface area contributed by atoms with E-state index in [0.29, 0.717) is 6.42 Å². The van der Waals surface area contributed by atoms with Gasteiger partial charge in [0.1, 0.15) is 6.04 Å². The molecule has 0 bridgehead atoms. The lowest BCUT2D eigenvalue weighted by molar-refractivity contribution is -0.138. The van der Waals surface area contributed by atoms with Gasteiger partial charge in [0, 0.05) is 33.3 Å². The summed E-state index contributed by atoms with van der Waals surface area (Å²) in [6, 6.07) is 9.51. The van der Waals surface area contributed by atoms with Crippen molar-refractivity contribution in [1.82, 2.24) is 4.98 Å². The van der Waals surface area contributed by atoms with Gasteiger partial charge in [0.15, 0.2) is 0 Å². The van der Waals surface area contributed by atoms with Crippen LogP contribution in [0.2, 0.25) is 0 Å². The lowest BCUT2D eigenvalue weighted by Crippen LogP contribution is -2.32. The summed E-state index contributed by atoms with van der Waals surface area (Å²) in [5.74, 6) is -0.991. The summed E-state index contributed by atoms with van der Waals surface area (Å²) < 4.78 is 0. The van der Waals surface area contributed by atoms with Gasteiger partial charge in [-0.25, -0.2) is 0 Å². The third-order valence-corrected chi connectivity index (χ3v) is 5.61. The maximum atomic E-state index is 11.1. The molecule has 0 radical (unpaired) electrons. The van der Waals surface area contributed by atoms with Crippen LogP contribution in [0.1, 0.15) is 17.4 Å². The number of thiophene rings is 1. The van der Waals surface area contributed by atoms with Crippen LogP contribution in [0, 0.1) is 0 Å². The minimum Gasteiger partial charge on any atom is -0.480 e. The molecule has 2 aromatic heterocycles. The Labute approximate surface area is 162 Å². The van der Waals surface area contributed by atoms with Crippen LogP contribution >= 0.6 is 11.3 Å². The molecule has 4 N–H and O–H groups in total. The van der Waals surface area contributed by atoms with E-state index in [9.17, 15) is 4.79 Å². The number of carboxylic acid groups (broad SMARTS) is 1. The summed E-state index contributed by atoms with van der Waals surface area (Å²) in [7, 11) is 0. The summed E-state index contributed by atoms with van der Waals surface area (Å²) in [6.07, 6.45) is 9.96. The van der Waals surface area contributed by atoms with Crippen LogP contribution in [-0.4, -0.2) is 22.1 Å². The molecule has 3 rings (SSSR count). The van der Waals surface area contributed by atoms with Gasteiger partial charge in [-0.2, -0.15) is 0 Å². The third kappa shape index (κ3) is 4.10. The Bertz CT molecular complexity index is 1040. The minimum atomic E-state index is -0.991. The van der Waals surface area contributed by atoms with Crippen molar-refractivity contribution < 1.29 is 9.90 Å². The highest BCUT2D eigenvalue weighted by atomic mass is 32.1. The van der Waals surface area contributed by atoms with E-state index in [1.54, 1.807) is 17.4 Å². The second kappa shape index (κ2) is 8.20. The van der Waals surface area contributed by atoms with Gasteiger partial charge in [0.2, 0.25) is 0 Å². The Morgan fingerprint density at radius 1 is 1.37 bits per heavy atom. The van der Waals surface area contributed by atoms with E-state index in [4.69, 9.17) is 10.8 Å².